The van der Waals surface area contributed by atoms with E-state index in [0.717, 1.165) is 32.1 Å². The fourth-order valence-electron chi connectivity index (χ4n) is 4.10. The molecule has 1 fully saturated rings. The molecule has 1 aromatic heterocycles. The van der Waals surface area contributed by atoms with Crippen LogP contribution in [-0.4, -0.2) is 45.4 Å². The predicted octanol–water partition coefficient (Wildman–Crippen LogP) is 2.62. The number of aromatic nitrogens is 1. The van der Waals surface area contributed by atoms with Crippen molar-refractivity contribution in [1.29, 1.82) is 0 Å². The molecule has 1 aliphatic carbocycles. The van der Waals surface area contributed by atoms with Gasteiger partial charge in [0.25, 0.3) is 0 Å². The van der Waals surface area contributed by atoms with E-state index in [0.29, 0.717) is 19.5 Å². The Morgan fingerprint density at radius 1 is 1.15 bits per heavy atom. The van der Waals surface area contributed by atoms with Gasteiger partial charge in [0.1, 0.15) is 11.4 Å². The van der Waals surface area contributed by atoms with Crippen LogP contribution in [0, 0.1) is 0 Å². The molecule has 0 spiro atoms. The van der Waals surface area contributed by atoms with E-state index in [4.69, 9.17) is 4.98 Å². The van der Waals surface area contributed by atoms with Gasteiger partial charge in [0.15, 0.2) is 0 Å². The summed E-state index contributed by atoms with van der Waals surface area (Å²) in [5, 5.41) is 10.1. The quantitative estimate of drug-likeness (QED) is 0.725. The predicted molar refractivity (Wildman–Crippen MR) is 99.9 cm³/mol. The third kappa shape index (κ3) is 4.91. The third-order valence-corrected chi connectivity index (χ3v) is 5.46. The first-order valence-corrected chi connectivity index (χ1v) is 9.92. The van der Waals surface area contributed by atoms with Crippen molar-refractivity contribution >= 4 is 11.7 Å². The van der Waals surface area contributed by atoms with E-state index in [1.54, 1.807) is 4.90 Å². The summed E-state index contributed by atoms with van der Waals surface area (Å²) >= 11 is 0. The first-order valence-electron chi connectivity index (χ1n) is 9.92. The minimum atomic E-state index is -0.986. The van der Waals surface area contributed by atoms with Gasteiger partial charge in [-0.05, 0) is 63.5 Å². The van der Waals surface area contributed by atoms with Gasteiger partial charge in [0.2, 0.25) is 5.91 Å². The van der Waals surface area contributed by atoms with Crippen molar-refractivity contribution in [2.24, 2.45) is 0 Å². The number of ketones is 1. The third-order valence-electron chi connectivity index (χ3n) is 5.46. The number of aryl methyl sites for hydroxylation is 3. The number of unbranched alkanes of at least 4 members (excludes halogenated alkanes) is 2. The summed E-state index contributed by atoms with van der Waals surface area (Å²) in [4.78, 5) is 29.7. The second-order valence-electron chi connectivity index (χ2n) is 8.03. The molecule has 2 heterocycles. The summed E-state index contributed by atoms with van der Waals surface area (Å²) in [6.45, 7) is 2.06. The van der Waals surface area contributed by atoms with Crippen LogP contribution in [0.5, 0.6) is 0 Å². The normalized spacial score (nSPS) is 18.2. The molecule has 1 aromatic rings. The van der Waals surface area contributed by atoms with Crippen molar-refractivity contribution < 1.29 is 14.7 Å². The molecule has 26 heavy (non-hydrogen) atoms. The second kappa shape index (κ2) is 8.30. The highest BCUT2D eigenvalue weighted by Crippen LogP contribution is 2.26. The summed E-state index contributed by atoms with van der Waals surface area (Å²) in [6, 6.07) is 4.40. The fraction of sp³-hybridized carbons (Fsp3) is 0.667. The number of fused-ring (bicyclic) bond motifs is 1. The fourth-order valence-corrected chi connectivity index (χ4v) is 4.10. The smallest absolute Gasteiger partial charge is 0.222 e. The van der Waals surface area contributed by atoms with Crippen molar-refractivity contribution in [3.05, 3.63) is 29.1 Å². The molecule has 1 saturated heterocycles. The Bertz CT molecular complexity index is 665. The lowest BCUT2D eigenvalue weighted by Gasteiger charge is -2.46. The van der Waals surface area contributed by atoms with Crippen LogP contribution >= 0.6 is 0 Å². The molecule has 0 bridgehead atoms. The number of amides is 1. The van der Waals surface area contributed by atoms with Gasteiger partial charge < -0.3 is 10.0 Å². The zero-order valence-electron chi connectivity index (χ0n) is 15.8. The number of carbonyl (C=O) groups is 2. The molecule has 0 saturated carbocycles. The van der Waals surface area contributed by atoms with Gasteiger partial charge in [0, 0.05) is 24.2 Å². The van der Waals surface area contributed by atoms with Gasteiger partial charge >= 0.3 is 0 Å². The number of hydrogen-bond donors (Lipinski definition) is 1. The van der Waals surface area contributed by atoms with Crippen LogP contribution in [0.25, 0.3) is 0 Å². The molecular formula is C21H30N2O3. The van der Waals surface area contributed by atoms with Gasteiger partial charge in [0.05, 0.1) is 13.1 Å². The molecule has 5 heteroatoms. The highest BCUT2D eigenvalue weighted by molar-refractivity contribution is 5.80. The van der Waals surface area contributed by atoms with E-state index < -0.39 is 5.60 Å². The Labute approximate surface area is 155 Å². The van der Waals surface area contributed by atoms with E-state index in [1.165, 1.54) is 43.1 Å². The maximum Gasteiger partial charge on any atom is 0.222 e. The standard InChI is InChI=1S/C21H30N2O3/c1-16(24)13-21(26)14-23(15-21)20(25)10-4-2-3-8-18-12-11-17-7-5-6-9-19(17)22-18/h11-12,26H,2-10,13-15H2,1H3. The van der Waals surface area contributed by atoms with E-state index in [-0.39, 0.29) is 18.1 Å². The number of aliphatic hydroxyl groups is 1. The molecule has 1 aliphatic heterocycles. The monoisotopic (exact) mass is 358 g/mol. The van der Waals surface area contributed by atoms with Crippen LogP contribution in [0.2, 0.25) is 0 Å². The molecule has 0 atom stereocenters. The van der Waals surface area contributed by atoms with Crippen LogP contribution in [-0.2, 0) is 28.9 Å². The molecule has 0 aromatic carbocycles. The molecular weight excluding hydrogens is 328 g/mol. The summed E-state index contributed by atoms with van der Waals surface area (Å²) in [5.74, 6) is 0.0560. The first kappa shape index (κ1) is 19.0. The van der Waals surface area contributed by atoms with Gasteiger partial charge in [-0.15, -0.1) is 0 Å². The lowest BCUT2D eigenvalue weighted by Crippen LogP contribution is -2.64. The molecule has 1 N–H and O–H groups in total. The Kier molecular flexibility index (Phi) is 6.07. The average molecular weight is 358 g/mol. The topological polar surface area (TPSA) is 70.5 Å². The van der Waals surface area contributed by atoms with Crippen molar-refractivity contribution in [1.82, 2.24) is 9.88 Å². The summed E-state index contributed by atoms with van der Waals surface area (Å²) < 4.78 is 0. The van der Waals surface area contributed by atoms with Gasteiger partial charge in [-0.3, -0.25) is 14.6 Å². The summed E-state index contributed by atoms with van der Waals surface area (Å²) in [5.41, 5.74) is 2.90. The van der Waals surface area contributed by atoms with E-state index >= 15 is 0 Å². The number of pyridine rings is 1. The number of rotatable bonds is 8. The van der Waals surface area contributed by atoms with Crippen LogP contribution in [0.4, 0.5) is 0 Å². The minimum Gasteiger partial charge on any atom is -0.386 e. The SMILES string of the molecule is CC(=O)CC1(O)CN(C(=O)CCCCCc2ccc3c(n2)CCCC3)C1. The van der Waals surface area contributed by atoms with E-state index in [2.05, 4.69) is 12.1 Å². The average Bonchev–Trinajstić information content (AvgIpc) is 2.58. The zero-order valence-corrected chi connectivity index (χ0v) is 15.8. The Hall–Kier alpha value is -1.75. The number of nitrogens with zero attached hydrogens (tertiary/aromatic N) is 2. The van der Waals surface area contributed by atoms with Crippen LogP contribution in [0.15, 0.2) is 12.1 Å². The number of likely N-dealkylation sites (tertiary alicyclic amines) is 1. The van der Waals surface area contributed by atoms with Crippen LogP contribution in [0.3, 0.4) is 0 Å². The van der Waals surface area contributed by atoms with E-state index in [1.807, 2.05) is 0 Å². The van der Waals surface area contributed by atoms with Crippen molar-refractivity contribution in [3.8, 4) is 0 Å². The largest absolute Gasteiger partial charge is 0.386 e. The molecule has 5 nitrogen and oxygen atoms in total. The van der Waals surface area contributed by atoms with Crippen molar-refractivity contribution in [2.75, 3.05) is 13.1 Å². The van der Waals surface area contributed by atoms with E-state index in [9.17, 15) is 14.7 Å². The highest BCUT2D eigenvalue weighted by Gasteiger charge is 2.43. The number of Topliss-reactive ketones (excluding diaryl/α,β-unsaturated/α-hetero) is 1. The van der Waals surface area contributed by atoms with Gasteiger partial charge in [-0.2, -0.15) is 0 Å². The first-order chi connectivity index (χ1) is 12.5. The number of hydrogen-bond acceptors (Lipinski definition) is 4. The van der Waals surface area contributed by atoms with Gasteiger partial charge in [-0.25, -0.2) is 0 Å². The van der Waals surface area contributed by atoms with Crippen LogP contribution in [0.1, 0.15) is 68.8 Å². The minimum absolute atomic E-state index is 0.0320. The Balaban J connectivity index is 1.31. The highest BCUT2D eigenvalue weighted by atomic mass is 16.3. The lowest BCUT2D eigenvalue weighted by molar-refractivity contribution is -0.159. The molecule has 142 valence electrons. The molecule has 3 rings (SSSR count). The molecule has 2 aliphatic rings. The summed E-state index contributed by atoms with van der Waals surface area (Å²) in [6.07, 6.45) is 9.39. The van der Waals surface area contributed by atoms with Crippen molar-refractivity contribution in [2.45, 2.75) is 76.7 Å². The maximum absolute atomic E-state index is 12.1. The van der Waals surface area contributed by atoms with Crippen LogP contribution < -0.4 is 0 Å². The molecule has 0 radical (unpaired) electrons. The lowest BCUT2D eigenvalue weighted by atomic mass is 9.88. The number of carbonyl (C=O) groups excluding carboxylic acids is 2. The summed E-state index contributed by atoms with van der Waals surface area (Å²) in [7, 11) is 0. The Morgan fingerprint density at radius 3 is 2.69 bits per heavy atom. The molecule has 0 unspecified atom stereocenters. The second-order valence-corrected chi connectivity index (χ2v) is 8.03. The van der Waals surface area contributed by atoms with Gasteiger partial charge in [-0.1, -0.05) is 12.5 Å². The Morgan fingerprint density at radius 2 is 1.92 bits per heavy atom. The maximum atomic E-state index is 12.1. The zero-order chi connectivity index (χ0) is 18.6. The molecule has 1 amide bonds. The van der Waals surface area contributed by atoms with Crippen molar-refractivity contribution in [3.63, 3.8) is 0 Å². The number of β-amino-alcohol motifs (C(OH)–C–C–N with tert-alkyl or cyclic N) is 1.